The van der Waals surface area contributed by atoms with E-state index >= 15 is 0 Å². The summed E-state index contributed by atoms with van der Waals surface area (Å²) in [6, 6.07) is 0. The SMILES string of the molecule is CSCCO[NH]. The Labute approximate surface area is 42.0 Å². The molecule has 0 spiro atoms. The number of rotatable bonds is 3. The lowest BCUT2D eigenvalue weighted by atomic mass is 10.9. The molecular weight excluding hydrogens is 98.1 g/mol. The fraction of sp³-hybridized carbons (Fsp3) is 1.00. The number of hydrogen-bond acceptors (Lipinski definition) is 2. The van der Waals surface area contributed by atoms with Crippen molar-refractivity contribution in [1.82, 2.24) is 5.90 Å². The average Bonchev–Trinajstić information content (AvgIpc) is 1.61. The van der Waals surface area contributed by atoms with E-state index < -0.39 is 0 Å². The van der Waals surface area contributed by atoms with Gasteiger partial charge < -0.3 is 0 Å². The van der Waals surface area contributed by atoms with Gasteiger partial charge in [-0.15, -0.1) is 5.90 Å². The summed E-state index contributed by atoms with van der Waals surface area (Å²) in [5.74, 6) is 7.11. The van der Waals surface area contributed by atoms with Gasteiger partial charge in [-0.3, -0.25) is 4.84 Å². The van der Waals surface area contributed by atoms with Gasteiger partial charge >= 0.3 is 0 Å². The van der Waals surface area contributed by atoms with Crippen LogP contribution in [0.5, 0.6) is 0 Å². The van der Waals surface area contributed by atoms with Crippen LogP contribution in [-0.2, 0) is 4.84 Å². The van der Waals surface area contributed by atoms with Crippen LogP contribution in [0.1, 0.15) is 0 Å². The highest BCUT2D eigenvalue weighted by Gasteiger charge is 1.75. The van der Waals surface area contributed by atoms with Gasteiger partial charge in [-0.1, -0.05) is 0 Å². The molecule has 0 atom stereocenters. The fourth-order valence-electron chi connectivity index (χ4n) is 0.125. The molecule has 1 N–H and O–H groups in total. The van der Waals surface area contributed by atoms with Crippen molar-refractivity contribution < 1.29 is 4.84 Å². The molecule has 6 heavy (non-hydrogen) atoms. The quantitative estimate of drug-likeness (QED) is 0.389. The molecule has 0 saturated carbocycles. The van der Waals surface area contributed by atoms with Gasteiger partial charge in [0.1, 0.15) is 0 Å². The Morgan fingerprint density at radius 2 is 2.50 bits per heavy atom. The van der Waals surface area contributed by atoms with Crippen molar-refractivity contribution in [2.24, 2.45) is 0 Å². The Morgan fingerprint density at radius 3 is 2.67 bits per heavy atom. The van der Waals surface area contributed by atoms with Crippen LogP contribution in [0, 0.1) is 0 Å². The van der Waals surface area contributed by atoms with E-state index in [0.29, 0.717) is 6.61 Å². The zero-order chi connectivity index (χ0) is 4.83. The lowest BCUT2D eigenvalue weighted by Gasteiger charge is -1.87. The lowest BCUT2D eigenvalue weighted by molar-refractivity contribution is 0.134. The number of thioether (sulfide) groups is 1. The Kier molecular flexibility index (Phi) is 5.51. The zero-order valence-electron chi connectivity index (χ0n) is 3.73. The maximum atomic E-state index is 6.19. The molecule has 0 fully saturated rings. The lowest BCUT2D eigenvalue weighted by Crippen LogP contribution is -1.91. The molecule has 0 rings (SSSR count). The van der Waals surface area contributed by atoms with Crippen LogP contribution in [0.2, 0.25) is 0 Å². The molecule has 2 nitrogen and oxygen atoms in total. The average molecular weight is 106 g/mol. The molecule has 0 heterocycles. The van der Waals surface area contributed by atoms with Gasteiger partial charge in [0, 0.05) is 5.75 Å². The van der Waals surface area contributed by atoms with E-state index in [2.05, 4.69) is 4.84 Å². The summed E-state index contributed by atoms with van der Waals surface area (Å²) in [4.78, 5) is 4.01. The highest BCUT2D eigenvalue weighted by molar-refractivity contribution is 7.98. The number of nitrogens with one attached hydrogen (secondary N) is 1. The van der Waals surface area contributed by atoms with Crippen LogP contribution in [0.25, 0.3) is 0 Å². The van der Waals surface area contributed by atoms with Gasteiger partial charge in [-0.05, 0) is 6.26 Å². The smallest absolute Gasteiger partial charge is 0.0789 e. The Balaban J connectivity index is 2.34. The third kappa shape index (κ3) is 4.27. The monoisotopic (exact) mass is 106 g/mol. The largest absolute Gasteiger partial charge is 0.284 e. The summed E-state index contributed by atoms with van der Waals surface area (Å²) in [5, 5.41) is 0. The predicted molar refractivity (Wildman–Crippen MR) is 27.4 cm³/mol. The van der Waals surface area contributed by atoms with E-state index in [0.717, 1.165) is 5.75 Å². The van der Waals surface area contributed by atoms with Crippen LogP contribution < -0.4 is 5.90 Å². The highest BCUT2D eigenvalue weighted by Crippen LogP contribution is 1.87. The zero-order valence-corrected chi connectivity index (χ0v) is 4.55. The third-order valence-electron chi connectivity index (χ3n) is 0.390. The van der Waals surface area contributed by atoms with Crippen LogP contribution in [0.4, 0.5) is 0 Å². The highest BCUT2D eigenvalue weighted by atomic mass is 32.2. The van der Waals surface area contributed by atoms with Crippen molar-refractivity contribution in [2.45, 2.75) is 0 Å². The van der Waals surface area contributed by atoms with Crippen molar-refractivity contribution >= 4 is 11.8 Å². The van der Waals surface area contributed by atoms with Crippen LogP contribution in [-0.4, -0.2) is 18.6 Å². The molecule has 0 saturated heterocycles. The summed E-state index contributed by atoms with van der Waals surface area (Å²) in [7, 11) is 0. The van der Waals surface area contributed by atoms with Crippen LogP contribution >= 0.6 is 11.8 Å². The molecule has 3 heteroatoms. The first-order chi connectivity index (χ1) is 2.91. The van der Waals surface area contributed by atoms with Gasteiger partial charge in [0.05, 0.1) is 6.61 Å². The first kappa shape index (κ1) is 6.27. The van der Waals surface area contributed by atoms with Crippen molar-refractivity contribution in [3.05, 3.63) is 0 Å². The summed E-state index contributed by atoms with van der Waals surface area (Å²) >= 11 is 1.68. The van der Waals surface area contributed by atoms with Gasteiger partial charge in [0.2, 0.25) is 0 Å². The molecule has 0 aromatic heterocycles. The van der Waals surface area contributed by atoms with E-state index in [4.69, 9.17) is 5.90 Å². The second-order valence-electron chi connectivity index (χ2n) is 0.841. The van der Waals surface area contributed by atoms with Crippen molar-refractivity contribution in [2.75, 3.05) is 18.6 Å². The van der Waals surface area contributed by atoms with Gasteiger partial charge in [-0.2, -0.15) is 11.8 Å². The second-order valence-corrected chi connectivity index (χ2v) is 1.83. The molecule has 0 aromatic carbocycles. The summed E-state index contributed by atoms with van der Waals surface area (Å²) in [6.45, 7) is 0.543. The molecule has 0 bridgehead atoms. The molecule has 0 aliphatic carbocycles. The predicted octanol–water partition coefficient (Wildman–Crippen LogP) is 0.564. The molecule has 0 aliphatic heterocycles. The van der Waals surface area contributed by atoms with Gasteiger partial charge in [-0.25, -0.2) is 0 Å². The van der Waals surface area contributed by atoms with Crippen molar-refractivity contribution in [3.8, 4) is 0 Å². The first-order valence-corrected chi connectivity index (χ1v) is 3.08. The van der Waals surface area contributed by atoms with Gasteiger partial charge in [0.25, 0.3) is 0 Å². The minimum absolute atomic E-state index is 0.543. The Hall–Kier alpha value is 0.270. The van der Waals surface area contributed by atoms with Crippen molar-refractivity contribution in [3.63, 3.8) is 0 Å². The van der Waals surface area contributed by atoms with Crippen LogP contribution in [0.3, 0.4) is 0 Å². The molecule has 37 valence electrons. The molecule has 1 radical (unpaired) electrons. The van der Waals surface area contributed by atoms with E-state index in [-0.39, 0.29) is 0 Å². The third-order valence-corrected chi connectivity index (χ3v) is 0.964. The molecule has 0 unspecified atom stereocenters. The summed E-state index contributed by atoms with van der Waals surface area (Å²) in [6.07, 6.45) is 1.99. The van der Waals surface area contributed by atoms with E-state index in [1.165, 1.54) is 0 Å². The topological polar surface area (TPSA) is 33.0 Å². The first-order valence-electron chi connectivity index (χ1n) is 1.69. The minimum Gasteiger partial charge on any atom is -0.284 e. The van der Waals surface area contributed by atoms with E-state index in [1.54, 1.807) is 11.8 Å². The number of hydrogen-bond donors (Lipinski definition) is 0. The van der Waals surface area contributed by atoms with E-state index in [1.807, 2.05) is 6.26 Å². The maximum absolute atomic E-state index is 6.19. The normalized spacial score (nSPS) is 9.00. The van der Waals surface area contributed by atoms with E-state index in [9.17, 15) is 0 Å². The second kappa shape index (κ2) is 5.27. The molecular formula is C3H8NOS. The molecule has 0 aliphatic rings. The Morgan fingerprint density at radius 1 is 1.83 bits per heavy atom. The molecule has 0 aromatic rings. The minimum atomic E-state index is 0.543. The molecule has 0 amide bonds. The summed E-state index contributed by atoms with van der Waals surface area (Å²) < 4.78 is 0. The van der Waals surface area contributed by atoms with Crippen molar-refractivity contribution in [1.29, 1.82) is 0 Å². The maximum Gasteiger partial charge on any atom is 0.0789 e. The van der Waals surface area contributed by atoms with Gasteiger partial charge in [0.15, 0.2) is 0 Å². The fourth-order valence-corrected chi connectivity index (χ4v) is 0.375. The Bertz CT molecular complexity index is 22.8. The van der Waals surface area contributed by atoms with Crippen LogP contribution in [0.15, 0.2) is 0 Å². The standard InChI is InChI=1S/C3H8NOS/c1-6-3-2-5-4/h4H,2-3H2,1H3. The summed E-state index contributed by atoms with van der Waals surface area (Å²) in [5.41, 5.74) is 0.